The zero-order chi connectivity index (χ0) is 48.0. The van der Waals surface area contributed by atoms with Crippen LogP contribution in [0.3, 0.4) is 0 Å². The lowest BCUT2D eigenvalue weighted by molar-refractivity contribution is 1.07. The quantitative estimate of drug-likeness (QED) is 0.144. The van der Waals surface area contributed by atoms with Crippen molar-refractivity contribution in [3.63, 3.8) is 0 Å². The highest BCUT2D eigenvalue weighted by Crippen LogP contribution is 2.42. The molecule has 6 heteroatoms. The van der Waals surface area contributed by atoms with E-state index in [1.807, 2.05) is 84.9 Å². The van der Waals surface area contributed by atoms with E-state index in [1.165, 1.54) is 44.5 Å². The summed E-state index contributed by atoms with van der Waals surface area (Å²) in [5, 5.41) is 2.32. The van der Waals surface area contributed by atoms with Gasteiger partial charge in [-0.25, -0.2) is 24.9 Å². The fourth-order valence-corrected chi connectivity index (χ4v) is 10.00. The molecule has 3 heterocycles. The second-order valence-electron chi connectivity index (χ2n) is 18.5. The number of rotatable bonds is 9. The third kappa shape index (κ3) is 8.46. The van der Waals surface area contributed by atoms with Gasteiger partial charge >= 0.3 is 0 Å². The summed E-state index contributed by atoms with van der Waals surface area (Å²) in [5.74, 6) is 2.39. The van der Waals surface area contributed by atoms with E-state index in [0.717, 1.165) is 72.3 Å². The van der Waals surface area contributed by atoms with E-state index in [9.17, 15) is 0 Å². The van der Waals surface area contributed by atoms with Crippen molar-refractivity contribution in [1.82, 2.24) is 29.5 Å². The molecular formula is C65H48N6. The van der Waals surface area contributed by atoms with E-state index in [1.54, 1.807) is 0 Å². The van der Waals surface area contributed by atoms with E-state index in [4.69, 9.17) is 24.9 Å². The molecule has 0 aliphatic rings. The molecule has 3 aromatic heterocycles. The number of hydrogen-bond acceptors (Lipinski definition) is 5. The van der Waals surface area contributed by atoms with Gasteiger partial charge in [-0.3, -0.25) is 0 Å². The molecule has 0 aliphatic heterocycles. The summed E-state index contributed by atoms with van der Waals surface area (Å²) in [6.07, 6.45) is 0. The summed E-state index contributed by atoms with van der Waals surface area (Å²) in [6, 6.07) is 76.9. The summed E-state index contributed by atoms with van der Waals surface area (Å²) >= 11 is 0. The van der Waals surface area contributed by atoms with Crippen molar-refractivity contribution in [2.45, 2.75) is 27.7 Å². The summed E-state index contributed by atoms with van der Waals surface area (Å²) in [5.41, 5.74) is 19.9. The second-order valence-corrected chi connectivity index (χ2v) is 18.5. The standard InChI is InChI=1S/C65H48N6/c1-41-31-42(2)34-52(33-41)49-25-28-59-54(37-49)55-38-50(53-35-43(3)32-44(4)36-53)26-29-60(55)71(59)61-30-27-51(65-69-63(47-21-13-7-14-22-47)68-64(70-65)48-23-15-8-16-24-48)39-56(61)58-40-57(45-17-9-5-10-18-45)66-62(67-58)46-19-11-6-12-20-46/h5-40H,1-4H3. The Morgan fingerprint density at radius 2 is 0.648 bits per heavy atom. The Morgan fingerprint density at radius 1 is 0.268 bits per heavy atom. The molecule has 338 valence electrons. The molecule has 0 bridgehead atoms. The van der Waals surface area contributed by atoms with E-state index >= 15 is 0 Å². The van der Waals surface area contributed by atoms with Gasteiger partial charge in [0.05, 0.1) is 28.1 Å². The van der Waals surface area contributed by atoms with E-state index in [2.05, 4.69) is 166 Å². The molecule has 0 fully saturated rings. The van der Waals surface area contributed by atoms with Gasteiger partial charge in [0.25, 0.3) is 0 Å². The number of fused-ring (bicyclic) bond motifs is 3. The molecule has 0 amide bonds. The van der Waals surface area contributed by atoms with Gasteiger partial charge in [-0.2, -0.15) is 0 Å². The first kappa shape index (κ1) is 43.2. The van der Waals surface area contributed by atoms with Gasteiger partial charge in [0.1, 0.15) is 0 Å². The average Bonchev–Trinajstić information content (AvgIpc) is 3.73. The molecule has 71 heavy (non-hydrogen) atoms. The average molecular weight is 913 g/mol. The maximum Gasteiger partial charge on any atom is 0.164 e. The van der Waals surface area contributed by atoms with Crippen molar-refractivity contribution in [3.8, 4) is 96.0 Å². The monoisotopic (exact) mass is 912 g/mol. The molecule has 0 atom stereocenters. The SMILES string of the molecule is Cc1cc(C)cc(-c2ccc3c(c2)c2cc(-c4cc(C)cc(C)c4)ccc2n3-c2ccc(-c3nc(-c4ccccc4)nc(-c4ccccc4)n3)cc2-c2cc(-c3ccccc3)nc(-c3ccccc3)n2)c1. The van der Waals surface area contributed by atoms with Crippen molar-refractivity contribution in [3.05, 3.63) is 241 Å². The number of nitrogens with zero attached hydrogens (tertiary/aromatic N) is 6. The van der Waals surface area contributed by atoms with Crippen LogP contribution in [0.25, 0.3) is 118 Å². The minimum atomic E-state index is 0.560. The third-order valence-electron chi connectivity index (χ3n) is 13.2. The Labute approximate surface area is 413 Å². The highest BCUT2D eigenvalue weighted by atomic mass is 15.0. The summed E-state index contributed by atoms with van der Waals surface area (Å²) in [4.78, 5) is 26.1. The van der Waals surface area contributed by atoms with Crippen molar-refractivity contribution in [2.24, 2.45) is 0 Å². The van der Waals surface area contributed by atoms with Gasteiger partial charge in [0.2, 0.25) is 0 Å². The first-order valence-corrected chi connectivity index (χ1v) is 24.1. The van der Waals surface area contributed by atoms with E-state index in [0.29, 0.717) is 23.3 Å². The maximum atomic E-state index is 5.46. The Morgan fingerprint density at radius 3 is 1.10 bits per heavy atom. The number of aromatic nitrogens is 6. The first-order chi connectivity index (χ1) is 34.8. The summed E-state index contributed by atoms with van der Waals surface area (Å²) in [6.45, 7) is 8.68. The Hall–Kier alpha value is -9.13. The molecule has 0 radical (unpaired) electrons. The lowest BCUT2D eigenvalue weighted by atomic mass is 9.97. The Kier molecular flexibility index (Phi) is 11.0. The molecular weight excluding hydrogens is 865 g/mol. The highest BCUT2D eigenvalue weighted by Gasteiger charge is 2.22. The van der Waals surface area contributed by atoms with Gasteiger partial charge in [0, 0.05) is 44.2 Å². The highest BCUT2D eigenvalue weighted by molar-refractivity contribution is 6.12. The lowest BCUT2D eigenvalue weighted by Crippen LogP contribution is -2.03. The topological polar surface area (TPSA) is 69.4 Å². The predicted octanol–water partition coefficient (Wildman–Crippen LogP) is 16.3. The van der Waals surface area contributed by atoms with Crippen LogP contribution in [0.2, 0.25) is 0 Å². The van der Waals surface area contributed by atoms with E-state index < -0.39 is 0 Å². The van der Waals surface area contributed by atoms with Crippen LogP contribution >= 0.6 is 0 Å². The van der Waals surface area contributed by atoms with Crippen LogP contribution in [0.4, 0.5) is 0 Å². The molecule has 0 N–H and O–H groups in total. The number of aryl methyl sites for hydroxylation is 4. The van der Waals surface area contributed by atoms with Crippen LogP contribution in [-0.4, -0.2) is 29.5 Å². The van der Waals surface area contributed by atoms with Gasteiger partial charge < -0.3 is 4.57 Å². The molecule has 0 unspecified atom stereocenters. The molecule has 0 spiro atoms. The van der Waals surface area contributed by atoms with Crippen LogP contribution in [0.5, 0.6) is 0 Å². The summed E-state index contributed by atoms with van der Waals surface area (Å²) in [7, 11) is 0. The normalized spacial score (nSPS) is 11.4. The molecule has 9 aromatic carbocycles. The fraction of sp³-hybridized carbons (Fsp3) is 0.0615. The number of benzene rings is 9. The Balaban J connectivity index is 1.15. The largest absolute Gasteiger partial charge is 0.309 e. The van der Waals surface area contributed by atoms with Crippen LogP contribution in [-0.2, 0) is 0 Å². The van der Waals surface area contributed by atoms with Gasteiger partial charge in [-0.05, 0) is 98.5 Å². The molecule has 6 nitrogen and oxygen atoms in total. The molecule has 0 saturated carbocycles. The second kappa shape index (κ2) is 18.1. The molecule has 0 saturated heterocycles. The number of hydrogen-bond donors (Lipinski definition) is 0. The maximum absolute atomic E-state index is 5.46. The van der Waals surface area contributed by atoms with Crippen molar-refractivity contribution >= 4 is 21.8 Å². The zero-order valence-corrected chi connectivity index (χ0v) is 40.0. The molecule has 12 rings (SSSR count). The van der Waals surface area contributed by atoms with E-state index in [-0.39, 0.29) is 0 Å². The van der Waals surface area contributed by atoms with Crippen molar-refractivity contribution in [2.75, 3.05) is 0 Å². The van der Waals surface area contributed by atoms with Crippen LogP contribution in [0.15, 0.2) is 218 Å². The van der Waals surface area contributed by atoms with Crippen LogP contribution in [0.1, 0.15) is 22.3 Å². The Bertz CT molecular complexity index is 3690. The molecule has 12 aromatic rings. The minimum Gasteiger partial charge on any atom is -0.309 e. The minimum absolute atomic E-state index is 0.560. The van der Waals surface area contributed by atoms with Crippen LogP contribution < -0.4 is 0 Å². The lowest BCUT2D eigenvalue weighted by Gasteiger charge is -2.17. The summed E-state index contributed by atoms with van der Waals surface area (Å²) < 4.78 is 2.41. The van der Waals surface area contributed by atoms with Crippen molar-refractivity contribution < 1.29 is 0 Å². The first-order valence-electron chi connectivity index (χ1n) is 24.1. The smallest absolute Gasteiger partial charge is 0.164 e. The predicted molar refractivity (Wildman–Crippen MR) is 292 cm³/mol. The molecule has 0 aliphatic carbocycles. The van der Waals surface area contributed by atoms with Gasteiger partial charge in [-0.15, -0.1) is 0 Å². The van der Waals surface area contributed by atoms with Crippen molar-refractivity contribution in [1.29, 1.82) is 0 Å². The van der Waals surface area contributed by atoms with Crippen LogP contribution in [0, 0.1) is 27.7 Å². The zero-order valence-electron chi connectivity index (χ0n) is 40.0. The van der Waals surface area contributed by atoms with Gasteiger partial charge in [-0.1, -0.05) is 192 Å². The fourth-order valence-electron chi connectivity index (χ4n) is 10.00. The van der Waals surface area contributed by atoms with Gasteiger partial charge in [0.15, 0.2) is 23.3 Å². The third-order valence-corrected chi connectivity index (χ3v) is 13.2.